The summed E-state index contributed by atoms with van der Waals surface area (Å²) in [6.07, 6.45) is 19.4. The van der Waals surface area contributed by atoms with Gasteiger partial charge in [0, 0.05) is 18.8 Å². The summed E-state index contributed by atoms with van der Waals surface area (Å²) < 4.78 is 0. The Hall–Kier alpha value is -2.16. The van der Waals surface area contributed by atoms with E-state index in [1.165, 1.54) is 11.1 Å². The normalized spacial score (nSPS) is 22.2. The summed E-state index contributed by atoms with van der Waals surface area (Å²) in [5.74, 6) is -0.0324. The molecule has 1 aliphatic carbocycles. The Balaban J connectivity index is 2.63. The largest absolute Gasteiger partial charge is 0.481 e. The fraction of sp³-hybridized carbons (Fsp3) is 0.520. The van der Waals surface area contributed by atoms with Crippen LogP contribution in [0.5, 0.6) is 0 Å². The minimum Gasteiger partial charge on any atom is -0.481 e. The van der Waals surface area contributed by atoms with E-state index >= 15 is 0 Å². The van der Waals surface area contributed by atoms with Crippen LogP contribution in [0.25, 0.3) is 0 Å². The average Bonchev–Trinajstić information content (AvgIpc) is 2.67. The van der Waals surface area contributed by atoms with Crippen molar-refractivity contribution in [2.45, 2.75) is 72.6 Å². The summed E-state index contributed by atoms with van der Waals surface area (Å²) >= 11 is 0. The summed E-state index contributed by atoms with van der Waals surface area (Å²) in [4.78, 5) is 23.4. The quantitative estimate of drug-likeness (QED) is 0.432. The summed E-state index contributed by atoms with van der Waals surface area (Å²) in [5.41, 5.74) is 3.57. The minimum absolute atomic E-state index is 0.115. The zero-order valence-electron chi connectivity index (χ0n) is 17.9. The molecule has 0 saturated heterocycles. The minimum atomic E-state index is -0.726. The van der Waals surface area contributed by atoms with E-state index in [1.807, 2.05) is 32.1 Å². The highest BCUT2D eigenvalue weighted by molar-refractivity contribution is 5.81. The Morgan fingerprint density at radius 3 is 2.18 bits per heavy atom. The number of Topliss-reactive ketones (excluding diaryl/α,β-unsaturated/α-hetero) is 1. The topological polar surface area (TPSA) is 54.4 Å². The molecule has 0 atom stereocenters. The maximum Gasteiger partial charge on any atom is 0.303 e. The smallest absolute Gasteiger partial charge is 0.303 e. The molecule has 0 aromatic carbocycles. The van der Waals surface area contributed by atoms with Gasteiger partial charge >= 0.3 is 5.97 Å². The van der Waals surface area contributed by atoms with Gasteiger partial charge in [-0.1, -0.05) is 53.7 Å². The van der Waals surface area contributed by atoms with Gasteiger partial charge in [-0.05, 0) is 71.3 Å². The van der Waals surface area contributed by atoms with E-state index in [2.05, 4.69) is 38.2 Å². The van der Waals surface area contributed by atoms with E-state index in [-0.39, 0.29) is 18.3 Å². The van der Waals surface area contributed by atoms with Gasteiger partial charge in [0.15, 0.2) is 0 Å². The van der Waals surface area contributed by atoms with Crippen molar-refractivity contribution in [1.29, 1.82) is 0 Å². The van der Waals surface area contributed by atoms with Gasteiger partial charge in [-0.15, -0.1) is 0 Å². The van der Waals surface area contributed by atoms with Crippen molar-refractivity contribution >= 4 is 11.8 Å². The predicted octanol–water partition coefficient (Wildman–Crippen LogP) is 6.59. The average molecular weight is 385 g/mol. The molecule has 1 aliphatic rings. The third-order valence-corrected chi connectivity index (χ3v) is 5.43. The van der Waals surface area contributed by atoms with Gasteiger partial charge in [-0.2, -0.15) is 0 Å². The van der Waals surface area contributed by atoms with Gasteiger partial charge in [0.25, 0.3) is 0 Å². The van der Waals surface area contributed by atoms with Gasteiger partial charge in [0.05, 0.1) is 0 Å². The Bertz CT molecular complexity index is 666. The Kier molecular flexibility index (Phi) is 11.2. The summed E-state index contributed by atoms with van der Waals surface area (Å²) in [6.45, 7) is 8.17. The maximum atomic E-state index is 12.6. The van der Waals surface area contributed by atoms with Gasteiger partial charge in [0.1, 0.15) is 5.78 Å². The number of rotatable bonds is 10. The van der Waals surface area contributed by atoms with Crippen LogP contribution in [-0.4, -0.2) is 16.9 Å². The Morgan fingerprint density at radius 1 is 0.929 bits per heavy atom. The molecule has 3 nitrogen and oxygen atoms in total. The standard InChI is InChI=1S/C25H36O3/c1-5-7-9-19(3)10-14-22(8-6-2)20(4)11-17-24(26)23-15-12-21(13-16-23)18-25(27)28/h5-10,14,21,23H,11-13,15-18H2,1-4H3,(H,27,28). The predicted molar refractivity (Wildman–Crippen MR) is 117 cm³/mol. The molecule has 0 aliphatic heterocycles. The molecular formula is C25H36O3. The van der Waals surface area contributed by atoms with Gasteiger partial charge in [-0.25, -0.2) is 0 Å². The lowest BCUT2D eigenvalue weighted by atomic mass is 9.78. The maximum absolute atomic E-state index is 12.6. The van der Waals surface area contributed by atoms with Crippen molar-refractivity contribution in [1.82, 2.24) is 0 Å². The fourth-order valence-electron chi connectivity index (χ4n) is 3.64. The van der Waals surface area contributed by atoms with Crippen LogP contribution in [0, 0.1) is 11.8 Å². The van der Waals surface area contributed by atoms with Crippen LogP contribution in [0.1, 0.15) is 72.6 Å². The third-order valence-electron chi connectivity index (χ3n) is 5.43. The SMILES string of the molecule is CC=CC=C(C)C=CC(C=CC)=C(C)CCC(=O)C1CCC(CC(=O)O)CC1. The van der Waals surface area contributed by atoms with Crippen LogP contribution in [0.3, 0.4) is 0 Å². The number of carboxylic acids is 1. The van der Waals surface area contributed by atoms with Gasteiger partial charge in [-0.3, -0.25) is 9.59 Å². The summed E-state index contributed by atoms with van der Waals surface area (Å²) in [6, 6.07) is 0. The van der Waals surface area contributed by atoms with Crippen LogP contribution < -0.4 is 0 Å². The third kappa shape index (κ3) is 9.16. The molecule has 154 valence electrons. The lowest BCUT2D eigenvalue weighted by Gasteiger charge is -2.26. The van der Waals surface area contributed by atoms with Crippen LogP contribution in [0.15, 0.2) is 59.3 Å². The zero-order chi connectivity index (χ0) is 20.9. The molecule has 0 spiro atoms. The number of carbonyl (C=O) groups excluding carboxylic acids is 1. The highest BCUT2D eigenvalue weighted by Crippen LogP contribution is 2.32. The van der Waals surface area contributed by atoms with E-state index in [1.54, 1.807) is 0 Å². The molecule has 0 unspecified atom stereocenters. The van der Waals surface area contributed by atoms with Crippen molar-refractivity contribution in [2.75, 3.05) is 0 Å². The first-order chi connectivity index (χ1) is 13.4. The Labute approximate surface area is 170 Å². The highest BCUT2D eigenvalue weighted by atomic mass is 16.4. The molecule has 0 bridgehead atoms. The number of aliphatic carboxylic acids is 1. The molecule has 0 radical (unpaired) electrons. The fourth-order valence-corrected chi connectivity index (χ4v) is 3.64. The second-order valence-electron chi connectivity index (χ2n) is 7.79. The first-order valence-electron chi connectivity index (χ1n) is 10.4. The van der Waals surface area contributed by atoms with Crippen LogP contribution in [0.4, 0.5) is 0 Å². The second kappa shape index (κ2) is 13.1. The van der Waals surface area contributed by atoms with Crippen LogP contribution in [-0.2, 0) is 9.59 Å². The number of ketones is 1. The van der Waals surface area contributed by atoms with E-state index < -0.39 is 5.97 Å². The molecule has 1 saturated carbocycles. The molecule has 0 aromatic rings. The van der Waals surface area contributed by atoms with Crippen molar-refractivity contribution in [3.63, 3.8) is 0 Å². The second-order valence-corrected chi connectivity index (χ2v) is 7.79. The summed E-state index contributed by atoms with van der Waals surface area (Å²) in [5, 5.41) is 8.91. The van der Waals surface area contributed by atoms with Crippen molar-refractivity contribution in [3.05, 3.63) is 59.3 Å². The number of carbonyl (C=O) groups is 2. The molecular weight excluding hydrogens is 348 g/mol. The number of carboxylic acid groups (broad SMARTS) is 1. The zero-order valence-corrected chi connectivity index (χ0v) is 17.9. The monoisotopic (exact) mass is 384 g/mol. The molecule has 0 amide bonds. The number of hydrogen-bond donors (Lipinski definition) is 1. The van der Waals surface area contributed by atoms with Crippen molar-refractivity contribution in [3.8, 4) is 0 Å². The lowest BCUT2D eigenvalue weighted by molar-refractivity contribution is -0.138. The van der Waals surface area contributed by atoms with Gasteiger partial charge in [0.2, 0.25) is 0 Å². The van der Waals surface area contributed by atoms with Gasteiger partial charge < -0.3 is 5.11 Å². The van der Waals surface area contributed by atoms with E-state index in [0.717, 1.165) is 37.7 Å². The van der Waals surface area contributed by atoms with Crippen molar-refractivity contribution in [2.24, 2.45) is 11.8 Å². The first-order valence-corrected chi connectivity index (χ1v) is 10.4. The van der Waals surface area contributed by atoms with Crippen LogP contribution >= 0.6 is 0 Å². The first kappa shape index (κ1) is 23.9. The number of hydrogen-bond acceptors (Lipinski definition) is 2. The van der Waals surface area contributed by atoms with Crippen LogP contribution in [0.2, 0.25) is 0 Å². The highest BCUT2D eigenvalue weighted by Gasteiger charge is 2.26. The molecule has 0 heterocycles. The molecule has 0 aromatic heterocycles. The van der Waals surface area contributed by atoms with Crippen molar-refractivity contribution < 1.29 is 14.7 Å². The molecule has 3 heteroatoms. The molecule has 1 N–H and O–H groups in total. The molecule has 1 rings (SSSR count). The van der Waals surface area contributed by atoms with E-state index in [9.17, 15) is 9.59 Å². The van der Waals surface area contributed by atoms with E-state index in [0.29, 0.717) is 12.2 Å². The molecule has 1 fully saturated rings. The number of allylic oxidation sites excluding steroid dienone is 10. The summed E-state index contributed by atoms with van der Waals surface area (Å²) in [7, 11) is 0. The van der Waals surface area contributed by atoms with E-state index in [4.69, 9.17) is 5.11 Å². The lowest BCUT2D eigenvalue weighted by Crippen LogP contribution is -2.23. The molecule has 28 heavy (non-hydrogen) atoms. The Morgan fingerprint density at radius 2 is 1.61 bits per heavy atom.